The predicted molar refractivity (Wildman–Crippen MR) is 125 cm³/mol. The number of carbonyl (C=O) groups is 2. The zero-order valence-electron chi connectivity index (χ0n) is 19.1. The van der Waals surface area contributed by atoms with Crippen LogP contribution >= 0.6 is 0 Å². The van der Waals surface area contributed by atoms with E-state index in [9.17, 15) is 14.0 Å². The SMILES string of the molecule is COc1ccc([C@H]2C[C@H](NC(=O)Nc3cccc(F)c3)C[C@@H]2C(=O)N2CCN(C)CC2)cc1. The zero-order valence-corrected chi connectivity index (χ0v) is 19.1. The summed E-state index contributed by atoms with van der Waals surface area (Å²) in [4.78, 5) is 30.2. The van der Waals surface area contributed by atoms with Crippen LogP contribution in [0.15, 0.2) is 48.5 Å². The number of methoxy groups -OCH3 is 1. The second-order valence-electron chi connectivity index (χ2n) is 8.89. The van der Waals surface area contributed by atoms with Crippen LogP contribution in [0.3, 0.4) is 0 Å². The Morgan fingerprint density at radius 2 is 1.76 bits per heavy atom. The van der Waals surface area contributed by atoms with Crippen molar-refractivity contribution in [1.29, 1.82) is 0 Å². The lowest BCUT2D eigenvalue weighted by Crippen LogP contribution is -2.49. The van der Waals surface area contributed by atoms with Crippen molar-refractivity contribution in [2.75, 3.05) is 45.7 Å². The first kappa shape index (κ1) is 23.0. The molecule has 2 aromatic rings. The maximum Gasteiger partial charge on any atom is 0.319 e. The van der Waals surface area contributed by atoms with Crippen molar-refractivity contribution >= 4 is 17.6 Å². The predicted octanol–water partition coefficient (Wildman–Crippen LogP) is 3.29. The maximum absolute atomic E-state index is 13.5. The molecular formula is C25H31FN4O3. The third-order valence-corrected chi connectivity index (χ3v) is 6.66. The number of anilines is 1. The fourth-order valence-corrected chi connectivity index (χ4v) is 4.83. The Bertz CT molecular complexity index is 976. The second kappa shape index (κ2) is 10.2. The summed E-state index contributed by atoms with van der Waals surface area (Å²) in [6.45, 7) is 3.17. The molecule has 3 atom stereocenters. The molecule has 2 aromatic carbocycles. The summed E-state index contributed by atoms with van der Waals surface area (Å²) in [7, 11) is 3.69. The molecule has 7 nitrogen and oxygen atoms in total. The van der Waals surface area contributed by atoms with Crippen LogP contribution in [-0.2, 0) is 4.79 Å². The van der Waals surface area contributed by atoms with Gasteiger partial charge in [-0.3, -0.25) is 4.79 Å². The van der Waals surface area contributed by atoms with Crippen molar-refractivity contribution in [2.24, 2.45) is 5.92 Å². The van der Waals surface area contributed by atoms with Gasteiger partial charge in [-0.25, -0.2) is 9.18 Å². The van der Waals surface area contributed by atoms with Crippen molar-refractivity contribution in [3.63, 3.8) is 0 Å². The van der Waals surface area contributed by atoms with Crippen molar-refractivity contribution in [3.8, 4) is 5.75 Å². The van der Waals surface area contributed by atoms with Crippen LogP contribution in [0.5, 0.6) is 5.75 Å². The minimum Gasteiger partial charge on any atom is -0.497 e. The van der Waals surface area contributed by atoms with Crippen LogP contribution < -0.4 is 15.4 Å². The molecule has 1 saturated heterocycles. The van der Waals surface area contributed by atoms with Gasteiger partial charge < -0.3 is 25.2 Å². The van der Waals surface area contributed by atoms with E-state index in [0.29, 0.717) is 18.5 Å². The number of ether oxygens (including phenoxy) is 1. The van der Waals surface area contributed by atoms with Crippen LogP contribution in [0.4, 0.5) is 14.9 Å². The van der Waals surface area contributed by atoms with E-state index < -0.39 is 11.8 Å². The van der Waals surface area contributed by atoms with Gasteiger partial charge in [0.15, 0.2) is 0 Å². The van der Waals surface area contributed by atoms with E-state index in [2.05, 4.69) is 22.6 Å². The van der Waals surface area contributed by atoms with E-state index in [1.807, 2.05) is 29.2 Å². The number of hydrogen-bond donors (Lipinski definition) is 2. The summed E-state index contributed by atoms with van der Waals surface area (Å²) >= 11 is 0. The van der Waals surface area contributed by atoms with Crippen molar-refractivity contribution in [1.82, 2.24) is 15.1 Å². The third-order valence-electron chi connectivity index (χ3n) is 6.66. The molecule has 0 radical (unpaired) electrons. The lowest BCUT2D eigenvalue weighted by molar-refractivity contribution is -0.137. The van der Waals surface area contributed by atoms with Gasteiger partial charge in [-0.05, 0) is 61.7 Å². The summed E-state index contributed by atoms with van der Waals surface area (Å²) in [6.07, 6.45) is 1.23. The number of benzene rings is 2. The van der Waals surface area contributed by atoms with Gasteiger partial charge >= 0.3 is 6.03 Å². The fourth-order valence-electron chi connectivity index (χ4n) is 4.83. The molecule has 0 unspecified atom stereocenters. The highest BCUT2D eigenvalue weighted by atomic mass is 19.1. The summed E-state index contributed by atoms with van der Waals surface area (Å²) in [5, 5.41) is 5.67. The molecule has 0 bridgehead atoms. The molecule has 8 heteroatoms. The lowest BCUT2D eigenvalue weighted by atomic mass is 9.87. The van der Waals surface area contributed by atoms with Gasteiger partial charge in [0.1, 0.15) is 11.6 Å². The molecule has 2 aliphatic rings. The molecule has 1 heterocycles. The van der Waals surface area contributed by atoms with Crippen LogP contribution in [0, 0.1) is 11.7 Å². The molecule has 3 amide bonds. The molecule has 1 aliphatic carbocycles. The molecule has 2 N–H and O–H groups in total. The first-order valence-corrected chi connectivity index (χ1v) is 11.4. The highest BCUT2D eigenvalue weighted by molar-refractivity contribution is 5.89. The monoisotopic (exact) mass is 454 g/mol. The number of nitrogens with zero attached hydrogens (tertiary/aromatic N) is 2. The van der Waals surface area contributed by atoms with Crippen LogP contribution in [0.2, 0.25) is 0 Å². The fraction of sp³-hybridized carbons (Fsp3) is 0.440. The summed E-state index contributed by atoms with van der Waals surface area (Å²) in [5.74, 6) is 0.302. The maximum atomic E-state index is 13.5. The molecule has 176 valence electrons. The molecule has 33 heavy (non-hydrogen) atoms. The number of likely N-dealkylation sites (N-methyl/N-ethyl adjacent to an activating group) is 1. The average molecular weight is 455 g/mol. The minimum absolute atomic E-state index is 0.00234. The van der Waals surface area contributed by atoms with Gasteiger partial charge in [-0.1, -0.05) is 18.2 Å². The molecule has 4 rings (SSSR count). The number of piperazine rings is 1. The van der Waals surface area contributed by atoms with E-state index in [1.54, 1.807) is 19.2 Å². The molecule has 0 spiro atoms. The highest BCUT2D eigenvalue weighted by Gasteiger charge is 2.42. The Labute approximate surface area is 193 Å². The quantitative estimate of drug-likeness (QED) is 0.727. The minimum atomic E-state index is -0.411. The van der Waals surface area contributed by atoms with Gasteiger partial charge in [-0.2, -0.15) is 0 Å². The highest BCUT2D eigenvalue weighted by Crippen LogP contribution is 2.41. The summed E-state index contributed by atoms with van der Waals surface area (Å²) in [6, 6.07) is 13.0. The van der Waals surface area contributed by atoms with E-state index in [1.165, 1.54) is 12.1 Å². The lowest BCUT2D eigenvalue weighted by Gasteiger charge is -2.35. The number of halogens is 1. The summed E-state index contributed by atoms with van der Waals surface area (Å²) in [5.41, 5.74) is 1.46. The Kier molecular flexibility index (Phi) is 7.13. The Balaban J connectivity index is 1.47. The number of nitrogens with one attached hydrogen (secondary N) is 2. The van der Waals surface area contributed by atoms with Crippen LogP contribution in [-0.4, -0.2) is 68.1 Å². The Hall–Kier alpha value is -3.13. The zero-order chi connectivity index (χ0) is 23.4. The number of hydrogen-bond acceptors (Lipinski definition) is 4. The van der Waals surface area contributed by atoms with Gasteiger partial charge in [-0.15, -0.1) is 0 Å². The van der Waals surface area contributed by atoms with Gasteiger partial charge in [0, 0.05) is 43.8 Å². The number of amides is 3. The second-order valence-corrected chi connectivity index (χ2v) is 8.89. The van der Waals surface area contributed by atoms with Gasteiger partial charge in [0.2, 0.25) is 5.91 Å². The molecule has 2 fully saturated rings. The molecule has 0 aromatic heterocycles. The molecule has 1 saturated carbocycles. The summed E-state index contributed by atoms with van der Waals surface area (Å²) < 4.78 is 18.7. The molecular weight excluding hydrogens is 423 g/mol. The van der Waals surface area contributed by atoms with E-state index in [0.717, 1.165) is 37.5 Å². The van der Waals surface area contributed by atoms with Crippen LogP contribution in [0.1, 0.15) is 24.3 Å². The van der Waals surface area contributed by atoms with Crippen LogP contribution in [0.25, 0.3) is 0 Å². The van der Waals surface area contributed by atoms with Crippen molar-refractivity contribution < 1.29 is 18.7 Å². The van der Waals surface area contributed by atoms with E-state index in [-0.39, 0.29) is 23.8 Å². The first-order chi connectivity index (χ1) is 15.9. The number of carbonyl (C=O) groups excluding carboxylic acids is 2. The Morgan fingerprint density at radius 1 is 1.03 bits per heavy atom. The normalized spacial score (nSPS) is 23.2. The van der Waals surface area contributed by atoms with Gasteiger partial charge in [0.25, 0.3) is 0 Å². The first-order valence-electron chi connectivity index (χ1n) is 11.4. The van der Waals surface area contributed by atoms with E-state index >= 15 is 0 Å². The van der Waals surface area contributed by atoms with E-state index in [4.69, 9.17) is 4.74 Å². The van der Waals surface area contributed by atoms with Crippen molar-refractivity contribution in [2.45, 2.75) is 24.8 Å². The smallest absolute Gasteiger partial charge is 0.319 e. The average Bonchev–Trinajstić information content (AvgIpc) is 3.22. The standard InChI is InChI=1S/C25H31FN4O3/c1-29-10-12-30(13-11-29)24(31)23-16-20(15-22(23)17-6-8-21(33-2)9-7-17)28-25(32)27-19-5-3-4-18(26)14-19/h3-9,14,20,22-23H,10-13,15-16H2,1-2H3,(H2,27,28,32)/t20-,22+,23-/m0/s1. The van der Waals surface area contributed by atoms with Gasteiger partial charge in [0.05, 0.1) is 7.11 Å². The molecule has 1 aliphatic heterocycles. The van der Waals surface area contributed by atoms with Crippen molar-refractivity contribution in [3.05, 3.63) is 59.9 Å². The Morgan fingerprint density at radius 3 is 2.42 bits per heavy atom. The topological polar surface area (TPSA) is 73.9 Å². The largest absolute Gasteiger partial charge is 0.497 e. The third kappa shape index (κ3) is 5.63. The number of urea groups is 1. The number of rotatable bonds is 5.